The van der Waals surface area contributed by atoms with Gasteiger partial charge in [0.2, 0.25) is 0 Å². The highest BCUT2D eigenvalue weighted by atomic mass is 15.1. The first-order valence-corrected chi connectivity index (χ1v) is 8.62. The van der Waals surface area contributed by atoms with E-state index in [1.807, 2.05) is 0 Å². The number of likely N-dealkylation sites (N-methyl/N-ethyl adjacent to an activating group) is 1. The predicted octanol–water partition coefficient (Wildman–Crippen LogP) is 4.07. The molecular formula is C21H30N2. The summed E-state index contributed by atoms with van der Waals surface area (Å²) in [4.78, 5) is 4.89. The number of hydrogen-bond donors (Lipinski definition) is 0. The van der Waals surface area contributed by atoms with Crippen LogP contribution in [0.4, 0.5) is 0 Å². The minimum absolute atomic E-state index is 0.592. The van der Waals surface area contributed by atoms with Crippen LogP contribution in [-0.2, 0) is 13.0 Å². The van der Waals surface area contributed by atoms with Crippen molar-refractivity contribution < 1.29 is 0 Å². The first-order chi connectivity index (χ1) is 11.1. The normalized spacial score (nSPS) is 12.7. The second kappa shape index (κ2) is 9.49. The summed E-state index contributed by atoms with van der Waals surface area (Å²) in [5.74, 6) is 0. The van der Waals surface area contributed by atoms with Gasteiger partial charge in [0.25, 0.3) is 0 Å². The lowest BCUT2D eigenvalue weighted by Crippen LogP contribution is -2.33. The molecule has 0 aliphatic heterocycles. The second-order valence-corrected chi connectivity index (χ2v) is 6.58. The third-order valence-electron chi connectivity index (χ3n) is 4.58. The molecule has 0 aromatic heterocycles. The van der Waals surface area contributed by atoms with Gasteiger partial charge in [-0.1, -0.05) is 60.7 Å². The molecule has 0 N–H and O–H groups in total. The Kier molecular flexibility index (Phi) is 7.31. The van der Waals surface area contributed by atoms with E-state index in [0.29, 0.717) is 6.04 Å². The summed E-state index contributed by atoms with van der Waals surface area (Å²) in [7, 11) is 4.45. The van der Waals surface area contributed by atoms with Gasteiger partial charge in [0.15, 0.2) is 0 Å². The highest BCUT2D eigenvalue weighted by Gasteiger charge is 2.10. The van der Waals surface area contributed by atoms with Crippen molar-refractivity contribution in [1.29, 1.82) is 0 Å². The van der Waals surface area contributed by atoms with Gasteiger partial charge in [-0.25, -0.2) is 0 Å². The SMILES string of the molecule is CC(CCN(C)CCc1ccccc1)N(C)Cc1ccccc1. The molecule has 1 unspecified atom stereocenters. The average molecular weight is 310 g/mol. The minimum atomic E-state index is 0.592. The van der Waals surface area contributed by atoms with Crippen LogP contribution < -0.4 is 0 Å². The standard InChI is InChI=1S/C21H30N2/c1-19(23(3)18-21-12-8-5-9-13-21)14-16-22(2)17-15-20-10-6-4-7-11-20/h4-13,19H,14-18H2,1-3H3. The molecule has 2 nitrogen and oxygen atoms in total. The first-order valence-electron chi connectivity index (χ1n) is 8.62. The molecule has 2 rings (SSSR count). The fraction of sp³-hybridized carbons (Fsp3) is 0.429. The maximum Gasteiger partial charge on any atom is 0.0233 e. The first kappa shape index (κ1) is 17.7. The highest BCUT2D eigenvalue weighted by molar-refractivity contribution is 5.15. The van der Waals surface area contributed by atoms with Gasteiger partial charge < -0.3 is 4.90 Å². The molecule has 2 aromatic carbocycles. The highest BCUT2D eigenvalue weighted by Crippen LogP contribution is 2.09. The van der Waals surface area contributed by atoms with Crippen LogP contribution in [0.2, 0.25) is 0 Å². The minimum Gasteiger partial charge on any atom is -0.306 e. The maximum absolute atomic E-state index is 2.44. The van der Waals surface area contributed by atoms with E-state index in [2.05, 4.69) is 91.5 Å². The lowest BCUT2D eigenvalue weighted by molar-refractivity contribution is 0.211. The summed E-state index contributed by atoms with van der Waals surface area (Å²) in [6.07, 6.45) is 2.33. The summed E-state index contributed by atoms with van der Waals surface area (Å²) in [5.41, 5.74) is 2.81. The molecule has 0 heterocycles. The quantitative estimate of drug-likeness (QED) is 0.689. The van der Waals surface area contributed by atoms with Crippen LogP contribution in [0.3, 0.4) is 0 Å². The number of nitrogens with zero attached hydrogens (tertiary/aromatic N) is 2. The zero-order valence-corrected chi connectivity index (χ0v) is 14.8. The van der Waals surface area contributed by atoms with Crippen molar-refractivity contribution in [2.45, 2.75) is 32.4 Å². The van der Waals surface area contributed by atoms with E-state index in [4.69, 9.17) is 0 Å². The molecule has 2 aromatic rings. The lowest BCUT2D eigenvalue weighted by Gasteiger charge is -2.27. The molecule has 124 valence electrons. The fourth-order valence-electron chi connectivity index (χ4n) is 2.73. The van der Waals surface area contributed by atoms with Crippen LogP contribution >= 0.6 is 0 Å². The Labute approximate surface area is 141 Å². The van der Waals surface area contributed by atoms with Gasteiger partial charge in [0.1, 0.15) is 0 Å². The monoisotopic (exact) mass is 310 g/mol. The summed E-state index contributed by atoms with van der Waals surface area (Å²) in [6, 6.07) is 22.1. The van der Waals surface area contributed by atoms with E-state index in [-0.39, 0.29) is 0 Å². The van der Waals surface area contributed by atoms with Gasteiger partial charge in [-0.3, -0.25) is 4.90 Å². The Hall–Kier alpha value is -1.64. The molecule has 0 radical (unpaired) electrons. The van der Waals surface area contributed by atoms with E-state index in [1.54, 1.807) is 0 Å². The van der Waals surface area contributed by atoms with Crippen molar-refractivity contribution in [1.82, 2.24) is 9.80 Å². The van der Waals surface area contributed by atoms with Crippen molar-refractivity contribution in [3.63, 3.8) is 0 Å². The van der Waals surface area contributed by atoms with Crippen molar-refractivity contribution in [3.05, 3.63) is 71.8 Å². The molecule has 23 heavy (non-hydrogen) atoms. The van der Waals surface area contributed by atoms with Crippen molar-refractivity contribution >= 4 is 0 Å². The van der Waals surface area contributed by atoms with Crippen LogP contribution in [0, 0.1) is 0 Å². The smallest absolute Gasteiger partial charge is 0.0233 e. The molecule has 0 fully saturated rings. The van der Waals surface area contributed by atoms with E-state index in [9.17, 15) is 0 Å². The van der Waals surface area contributed by atoms with Gasteiger partial charge >= 0.3 is 0 Å². The molecule has 0 saturated heterocycles. The van der Waals surface area contributed by atoms with Crippen LogP contribution in [0.5, 0.6) is 0 Å². The summed E-state index contributed by atoms with van der Waals surface area (Å²) >= 11 is 0. The van der Waals surface area contributed by atoms with E-state index < -0.39 is 0 Å². The Bertz CT molecular complexity index is 538. The molecule has 0 aliphatic rings. The van der Waals surface area contributed by atoms with Crippen LogP contribution in [0.25, 0.3) is 0 Å². The average Bonchev–Trinajstić information content (AvgIpc) is 2.59. The van der Waals surface area contributed by atoms with Crippen LogP contribution in [0.15, 0.2) is 60.7 Å². The zero-order valence-electron chi connectivity index (χ0n) is 14.8. The Balaban J connectivity index is 1.67. The van der Waals surface area contributed by atoms with Crippen molar-refractivity contribution in [2.75, 3.05) is 27.2 Å². The molecular weight excluding hydrogens is 280 g/mol. The lowest BCUT2D eigenvalue weighted by atomic mass is 10.1. The number of hydrogen-bond acceptors (Lipinski definition) is 2. The molecule has 2 heteroatoms. The van der Waals surface area contributed by atoms with Crippen molar-refractivity contribution in [3.8, 4) is 0 Å². The summed E-state index contributed by atoms with van der Waals surface area (Å²) in [5, 5.41) is 0. The maximum atomic E-state index is 2.44. The van der Waals surface area contributed by atoms with Crippen LogP contribution in [-0.4, -0.2) is 43.0 Å². The Morgan fingerprint density at radius 1 is 0.783 bits per heavy atom. The zero-order chi connectivity index (χ0) is 16.5. The molecule has 0 aliphatic carbocycles. The van der Waals surface area contributed by atoms with E-state index in [0.717, 1.165) is 26.1 Å². The topological polar surface area (TPSA) is 6.48 Å². The predicted molar refractivity (Wildman–Crippen MR) is 99.6 cm³/mol. The Morgan fingerprint density at radius 2 is 1.35 bits per heavy atom. The number of rotatable bonds is 9. The van der Waals surface area contributed by atoms with Gasteiger partial charge in [-0.15, -0.1) is 0 Å². The molecule has 1 atom stereocenters. The molecule has 0 spiro atoms. The molecule has 0 amide bonds. The van der Waals surface area contributed by atoms with E-state index in [1.165, 1.54) is 17.5 Å². The molecule has 0 bridgehead atoms. The molecule has 0 saturated carbocycles. The van der Waals surface area contributed by atoms with Gasteiger partial charge in [0, 0.05) is 19.1 Å². The van der Waals surface area contributed by atoms with Gasteiger partial charge in [-0.2, -0.15) is 0 Å². The third-order valence-corrected chi connectivity index (χ3v) is 4.58. The van der Waals surface area contributed by atoms with Crippen molar-refractivity contribution in [2.24, 2.45) is 0 Å². The van der Waals surface area contributed by atoms with E-state index >= 15 is 0 Å². The largest absolute Gasteiger partial charge is 0.306 e. The second-order valence-electron chi connectivity index (χ2n) is 6.58. The summed E-state index contributed by atoms with van der Waals surface area (Å²) in [6.45, 7) is 5.62. The number of benzene rings is 2. The Morgan fingerprint density at radius 3 is 1.96 bits per heavy atom. The fourth-order valence-corrected chi connectivity index (χ4v) is 2.73. The summed E-state index contributed by atoms with van der Waals surface area (Å²) < 4.78 is 0. The van der Waals surface area contributed by atoms with Gasteiger partial charge in [-0.05, 0) is 51.5 Å². The van der Waals surface area contributed by atoms with Crippen LogP contribution in [0.1, 0.15) is 24.5 Å². The third kappa shape index (κ3) is 6.55. The van der Waals surface area contributed by atoms with Gasteiger partial charge in [0.05, 0.1) is 0 Å².